The Bertz CT molecular complexity index is 165. The van der Waals surface area contributed by atoms with E-state index in [0.29, 0.717) is 11.5 Å². The van der Waals surface area contributed by atoms with Gasteiger partial charge in [0.1, 0.15) is 0 Å². The monoisotopic (exact) mass is 185 g/mol. The minimum absolute atomic E-state index is 0.200. The highest BCUT2D eigenvalue weighted by molar-refractivity contribution is 4.87. The molecule has 1 saturated carbocycles. The number of aliphatic hydroxyl groups is 1. The van der Waals surface area contributed by atoms with Crippen molar-refractivity contribution < 1.29 is 5.11 Å². The van der Waals surface area contributed by atoms with Gasteiger partial charge in [0.15, 0.2) is 0 Å². The Kier molecular flexibility index (Phi) is 3.36. The van der Waals surface area contributed by atoms with Crippen LogP contribution in [0.15, 0.2) is 0 Å². The molecule has 2 atom stereocenters. The van der Waals surface area contributed by atoms with Gasteiger partial charge in [0.05, 0.1) is 6.10 Å². The zero-order valence-corrected chi connectivity index (χ0v) is 9.38. The van der Waals surface area contributed by atoms with Gasteiger partial charge >= 0.3 is 0 Å². The van der Waals surface area contributed by atoms with Crippen molar-refractivity contribution in [2.45, 2.75) is 52.2 Å². The minimum Gasteiger partial charge on any atom is -0.392 e. The summed E-state index contributed by atoms with van der Waals surface area (Å²) in [5.74, 6) is 0. The minimum atomic E-state index is -0.200. The SMILES string of the molecule is C[C@H](O)CN(C)C1CCC(C)(C)C1. The lowest BCUT2D eigenvalue weighted by atomic mass is 9.91. The summed E-state index contributed by atoms with van der Waals surface area (Å²) in [5.41, 5.74) is 0.512. The number of rotatable bonds is 3. The maximum Gasteiger partial charge on any atom is 0.0639 e. The van der Waals surface area contributed by atoms with Crippen molar-refractivity contribution in [3.8, 4) is 0 Å². The fraction of sp³-hybridized carbons (Fsp3) is 1.00. The quantitative estimate of drug-likeness (QED) is 0.725. The van der Waals surface area contributed by atoms with E-state index >= 15 is 0 Å². The zero-order valence-electron chi connectivity index (χ0n) is 9.38. The van der Waals surface area contributed by atoms with E-state index in [-0.39, 0.29) is 6.10 Å². The van der Waals surface area contributed by atoms with Gasteiger partial charge in [0, 0.05) is 12.6 Å². The predicted molar refractivity (Wildman–Crippen MR) is 55.7 cm³/mol. The number of aliphatic hydroxyl groups excluding tert-OH is 1. The zero-order chi connectivity index (χ0) is 10.1. The number of nitrogens with zero attached hydrogens (tertiary/aromatic N) is 1. The molecule has 1 unspecified atom stereocenters. The Hall–Kier alpha value is -0.0800. The molecule has 2 nitrogen and oxygen atoms in total. The molecule has 1 aliphatic rings. The summed E-state index contributed by atoms with van der Waals surface area (Å²) in [6.07, 6.45) is 3.68. The van der Waals surface area contributed by atoms with E-state index in [1.54, 1.807) is 0 Å². The van der Waals surface area contributed by atoms with Gasteiger partial charge in [0.2, 0.25) is 0 Å². The molecule has 1 N–H and O–H groups in total. The Morgan fingerprint density at radius 3 is 2.54 bits per heavy atom. The number of likely N-dealkylation sites (N-methyl/N-ethyl adjacent to an activating group) is 1. The molecule has 0 aromatic heterocycles. The molecule has 0 aromatic carbocycles. The third-order valence-corrected chi connectivity index (χ3v) is 3.12. The van der Waals surface area contributed by atoms with Crippen LogP contribution in [0.4, 0.5) is 0 Å². The maximum atomic E-state index is 9.27. The topological polar surface area (TPSA) is 23.5 Å². The van der Waals surface area contributed by atoms with E-state index in [1.165, 1.54) is 19.3 Å². The summed E-state index contributed by atoms with van der Waals surface area (Å²) in [6, 6.07) is 0.685. The predicted octanol–water partition coefficient (Wildman–Crippen LogP) is 1.88. The van der Waals surface area contributed by atoms with Gasteiger partial charge in [-0.05, 0) is 38.6 Å². The summed E-state index contributed by atoms with van der Waals surface area (Å²) < 4.78 is 0. The molecule has 0 radical (unpaired) electrons. The first-order valence-electron chi connectivity index (χ1n) is 5.29. The van der Waals surface area contributed by atoms with Crippen molar-refractivity contribution in [1.82, 2.24) is 4.90 Å². The molecule has 0 spiro atoms. The van der Waals surface area contributed by atoms with Crippen LogP contribution in [0.5, 0.6) is 0 Å². The van der Waals surface area contributed by atoms with E-state index in [4.69, 9.17) is 0 Å². The highest BCUT2D eigenvalue weighted by Crippen LogP contribution is 2.38. The van der Waals surface area contributed by atoms with E-state index in [9.17, 15) is 5.11 Å². The molecule has 0 saturated heterocycles. The molecule has 0 bridgehead atoms. The standard InChI is InChI=1S/C11H23NO/c1-9(13)8-12(4)10-5-6-11(2,3)7-10/h9-10,13H,5-8H2,1-4H3/t9-,10?/m0/s1. The lowest BCUT2D eigenvalue weighted by molar-refractivity contribution is 0.115. The van der Waals surface area contributed by atoms with Crippen LogP contribution in [-0.2, 0) is 0 Å². The summed E-state index contributed by atoms with van der Waals surface area (Å²) in [7, 11) is 2.12. The van der Waals surface area contributed by atoms with Crippen molar-refractivity contribution >= 4 is 0 Å². The summed E-state index contributed by atoms with van der Waals surface area (Å²) in [5, 5.41) is 9.27. The van der Waals surface area contributed by atoms with E-state index in [0.717, 1.165) is 6.54 Å². The van der Waals surface area contributed by atoms with Crippen molar-refractivity contribution in [3.63, 3.8) is 0 Å². The third kappa shape index (κ3) is 3.28. The molecular formula is C11H23NO. The summed E-state index contributed by atoms with van der Waals surface area (Å²) >= 11 is 0. The molecule has 13 heavy (non-hydrogen) atoms. The molecular weight excluding hydrogens is 162 g/mol. The van der Waals surface area contributed by atoms with E-state index in [2.05, 4.69) is 25.8 Å². The molecule has 1 rings (SSSR count). The molecule has 0 heterocycles. The van der Waals surface area contributed by atoms with Gasteiger partial charge in [-0.3, -0.25) is 0 Å². The first kappa shape index (κ1) is 11.0. The Morgan fingerprint density at radius 1 is 1.54 bits per heavy atom. The lowest BCUT2D eigenvalue weighted by Crippen LogP contribution is -2.35. The molecule has 0 amide bonds. The summed E-state index contributed by atoms with van der Waals surface area (Å²) in [6.45, 7) is 7.34. The Morgan fingerprint density at radius 2 is 2.15 bits per heavy atom. The van der Waals surface area contributed by atoms with Crippen LogP contribution in [0.3, 0.4) is 0 Å². The van der Waals surface area contributed by atoms with Crippen molar-refractivity contribution in [2.75, 3.05) is 13.6 Å². The second-order valence-corrected chi connectivity index (χ2v) is 5.35. The molecule has 78 valence electrons. The molecule has 2 heteroatoms. The van der Waals surface area contributed by atoms with Crippen LogP contribution in [0, 0.1) is 5.41 Å². The van der Waals surface area contributed by atoms with Gasteiger partial charge in [-0.25, -0.2) is 0 Å². The van der Waals surface area contributed by atoms with Crippen molar-refractivity contribution in [3.05, 3.63) is 0 Å². The van der Waals surface area contributed by atoms with Gasteiger partial charge < -0.3 is 10.0 Å². The van der Waals surface area contributed by atoms with Crippen LogP contribution >= 0.6 is 0 Å². The normalized spacial score (nSPS) is 29.5. The van der Waals surface area contributed by atoms with Gasteiger partial charge in [-0.15, -0.1) is 0 Å². The second-order valence-electron chi connectivity index (χ2n) is 5.35. The molecule has 1 aliphatic carbocycles. The lowest BCUT2D eigenvalue weighted by Gasteiger charge is -2.26. The Labute approximate surface area is 81.9 Å². The van der Waals surface area contributed by atoms with Crippen LogP contribution in [0.1, 0.15) is 40.0 Å². The number of hydrogen-bond donors (Lipinski definition) is 1. The van der Waals surface area contributed by atoms with Gasteiger partial charge in [0.25, 0.3) is 0 Å². The highest BCUT2D eigenvalue weighted by atomic mass is 16.3. The average Bonchev–Trinajstić information content (AvgIpc) is 2.28. The molecule has 0 aromatic rings. The van der Waals surface area contributed by atoms with Crippen molar-refractivity contribution in [1.29, 1.82) is 0 Å². The van der Waals surface area contributed by atoms with Gasteiger partial charge in [-0.1, -0.05) is 13.8 Å². The smallest absolute Gasteiger partial charge is 0.0639 e. The number of hydrogen-bond acceptors (Lipinski definition) is 2. The molecule has 1 fully saturated rings. The second kappa shape index (κ2) is 3.97. The van der Waals surface area contributed by atoms with Gasteiger partial charge in [-0.2, -0.15) is 0 Å². The summed E-state index contributed by atoms with van der Waals surface area (Å²) in [4.78, 5) is 2.30. The Balaban J connectivity index is 2.37. The van der Waals surface area contributed by atoms with E-state index < -0.39 is 0 Å². The average molecular weight is 185 g/mol. The van der Waals surface area contributed by atoms with Crippen LogP contribution in [0.2, 0.25) is 0 Å². The highest BCUT2D eigenvalue weighted by Gasteiger charge is 2.32. The first-order chi connectivity index (χ1) is 5.91. The molecule has 0 aliphatic heterocycles. The maximum absolute atomic E-state index is 9.27. The largest absolute Gasteiger partial charge is 0.392 e. The van der Waals surface area contributed by atoms with Crippen LogP contribution in [-0.4, -0.2) is 35.7 Å². The van der Waals surface area contributed by atoms with Crippen LogP contribution in [0.25, 0.3) is 0 Å². The van der Waals surface area contributed by atoms with Crippen molar-refractivity contribution in [2.24, 2.45) is 5.41 Å². The first-order valence-corrected chi connectivity index (χ1v) is 5.29. The fourth-order valence-electron chi connectivity index (χ4n) is 2.34. The fourth-order valence-corrected chi connectivity index (χ4v) is 2.34. The van der Waals surface area contributed by atoms with Crippen LogP contribution < -0.4 is 0 Å². The van der Waals surface area contributed by atoms with E-state index in [1.807, 2.05) is 6.92 Å². The third-order valence-electron chi connectivity index (χ3n) is 3.12.